The molecule has 0 aliphatic heterocycles. The Hall–Kier alpha value is -1.92. The van der Waals surface area contributed by atoms with Crippen LogP contribution in [0.1, 0.15) is 12.7 Å². The van der Waals surface area contributed by atoms with E-state index in [9.17, 15) is 4.39 Å². The molecule has 20 heavy (non-hydrogen) atoms. The van der Waals surface area contributed by atoms with E-state index in [1.165, 1.54) is 18.2 Å². The molecule has 0 spiro atoms. The second-order valence-electron chi connectivity index (χ2n) is 3.98. The quantitative estimate of drug-likeness (QED) is 0.887. The number of halogens is 2. The molecule has 1 heterocycles. The van der Waals surface area contributed by atoms with Gasteiger partial charge in [-0.15, -0.1) is 0 Å². The third-order valence-corrected chi connectivity index (χ3v) is 2.73. The molecular formula is C13H14ClFN4O. The highest BCUT2D eigenvalue weighted by atomic mass is 35.5. The lowest BCUT2D eigenvalue weighted by Gasteiger charge is -2.10. The minimum Gasteiger partial charge on any atom is -0.384 e. The molecule has 0 saturated heterocycles. The summed E-state index contributed by atoms with van der Waals surface area (Å²) in [5, 5.41) is 3.23. The maximum Gasteiger partial charge on any atom is 0.158 e. The summed E-state index contributed by atoms with van der Waals surface area (Å²) in [5.74, 6) is 0.850. The predicted octanol–water partition coefficient (Wildman–Crippen LogP) is 3.13. The molecule has 2 rings (SSSR count). The number of nitrogens with one attached hydrogen (secondary N) is 1. The zero-order chi connectivity index (χ0) is 14.5. The second kappa shape index (κ2) is 6.49. The first-order valence-electron chi connectivity index (χ1n) is 6.01. The molecule has 106 valence electrons. The van der Waals surface area contributed by atoms with Gasteiger partial charge in [0, 0.05) is 12.7 Å². The van der Waals surface area contributed by atoms with Gasteiger partial charge in [0.2, 0.25) is 0 Å². The second-order valence-corrected chi connectivity index (χ2v) is 4.39. The average Bonchev–Trinajstić information content (AvgIpc) is 2.39. The highest BCUT2D eigenvalue weighted by Gasteiger charge is 2.06. The summed E-state index contributed by atoms with van der Waals surface area (Å²) in [4.78, 5) is 8.31. The van der Waals surface area contributed by atoms with Crippen LogP contribution in [0.4, 0.5) is 21.7 Å². The normalized spacial score (nSPS) is 10.6. The van der Waals surface area contributed by atoms with E-state index in [4.69, 9.17) is 22.1 Å². The first kappa shape index (κ1) is 14.5. The third-order valence-electron chi connectivity index (χ3n) is 2.42. The number of rotatable bonds is 5. The highest BCUT2D eigenvalue weighted by Crippen LogP contribution is 2.25. The van der Waals surface area contributed by atoms with Crippen molar-refractivity contribution in [2.45, 2.75) is 13.5 Å². The van der Waals surface area contributed by atoms with Crippen molar-refractivity contribution in [2.75, 3.05) is 17.7 Å². The van der Waals surface area contributed by atoms with Crippen LogP contribution < -0.4 is 11.1 Å². The van der Waals surface area contributed by atoms with E-state index in [1.807, 2.05) is 6.92 Å². The summed E-state index contributed by atoms with van der Waals surface area (Å²) in [6, 6.07) is 5.61. The molecule has 0 amide bonds. The lowest BCUT2D eigenvalue weighted by Crippen LogP contribution is -2.05. The maximum atomic E-state index is 13.0. The van der Waals surface area contributed by atoms with E-state index in [-0.39, 0.29) is 11.6 Å². The van der Waals surface area contributed by atoms with Crippen molar-refractivity contribution >= 4 is 28.9 Å². The number of hydrogen-bond donors (Lipinski definition) is 2. The summed E-state index contributed by atoms with van der Waals surface area (Å²) >= 11 is 5.94. The minimum atomic E-state index is -0.403. The van der Waals surface area contributed by atoms with Crippen LogP contribution in [0.25, 0.3) is 0 Å². The summed E-state index contributed by atoms with van der Waals surface area (Å²) in [6.07, 6.45) is 0. The number of aromatic nitrogens is 2. The molecule has 0 unspecified atom stereocenters. The Bertz CT molecular complexity index is 609. The van der Waals surface area contributed by atoms with Crippen molar-refractivity contribution in [2.24, 2.45) is 0 Å². The number of nitrogens with zero attached hydrogens (tertiary/aromatic N) is 2. The Kier molecular flexibility index (Phi) is 4.70. The van der Waals surface area contributed by atoms with Crippen LogP contribution >= 0.6 is 11.6 Å². The van der Waals surface area contributed by atoms with Gasteiger partial charge < -0.3 is 15.8 Å². The van der Waals surface area contributed by atoms with Crippen LogP contribution in [0.15, 0.2) is 24.3 Å². The Morgan fingerprint density at radius 2 is 2.15 bits per heavy atom. The fourth-order valence-corrected chi connectivity index (χ4v) is 1.78. The van der Waals surface area contributed by atoms with Gasteiger partial charge >= 0.3 is 0 Å². The van der Waals surface area contributed by atoms with Crippen LogP contribution in [-0.4, -0.2) is 16.6 Å². The number of anilines is 3. The lowest BCUT2D eigenvalue weighted by atomic mass is 10.3. The van der Waals surface area contributed by atoms with Gasteiger partial charge in [0.25, 0.3) is 0 Å². The fraction of sp³-hybridized carbons (Fsp3) is 0.231. The molecule has 7 heteroatoms. The molecule has 0 saturated carbocycles. The van der Waals surface area contributed by atoms with E-state index < -0.39 is 5.82 Å². The van der Waals surface area contributed by atoms with Gasteiger partial charge in [-0.05, 0) is 25.1 Å². The van der Waals surface area contributed by atoms with Gasteiger partial charge in [-0.3, -0.25) is 0 Å². The van der Waals surface area contributed by atoms with Crippen LogP contribution in [0.5, 0.6) is 0 Å². The maximum absolute atomic E-state index is 13.0. The van der Waals surface area contributed by atoms with Crippen molar-refractivity contribution in [3.63, 3.8) is 0 Å². The molecule has 0 aliphatic carbocycles. The van der Waals surface area contributed by atoms with E-state index in [0.717, 1.165) is 0 Å². The van der Waals surface area contributed by atoms with Crippen LogP contribution in [0.3, 0.4) is 0 Å². The molecule has 0 aliphatic rings. The van der Waals surface area contributed by atoms with Gasteiger partial charge in [0.1, 0.15) is 24.1 Å². The molecule has 0 bridgehead atoms. The Labute approximate surface area is 120 Å². The van der Waals surface area contributed by atoms with Crippen LogP contribution in [0.2, 0.25) is 5.02 Å². The topological polar surface area (TPSA) is 73.1 Å². The van der Waals surface area contributed by atoms with E-state index in [0.29, 0.717) is 29.8 Å². The molecule has 2 aromatic rings. The molecule has 5 nitrogen and oxygen atoms in total. The number of benzene rings is 1. The van der Waals surface area contributed by atoms with Gasteiger partial charge in [-0.1, -0.05) is 11.6 Å². The van der Waals surface area contributed by atoms with Crippen molar-refractivity contribution in [3.8, 4) is 0 Å². The average molecular weight is 297 g/mol. The highest BCUT2D eigenvalue weighted by molar-refractivity contribution is 6.33. The van der Waals surface area contributed by atoms with Gasteiger partial charge in [0.05, 0.1) is 10.7 Å². The molecule has 1 aromatic carbocycles. The molecule has 3 N–H and O–H groups in total. The van der Waals surface area contributed by atoms with Gasteiger partial charge in [-0.2, -0.15) is 0 Å². The Morgan fingerprint density at radius 3 is 2.85 bits per heavy atom. The number of ether oxygens (including phenoxy) is 1. The zero-order valence-electron chi connectivity index (χ0n) is 10.9. The van der Waals surface area contributed by atoms with Crippen LogP contribution in [-0.2, 0) is 11.3 Å². The van der Waals surface area contributed by atoms with Crippen molar-refractivity contribution in [1.82, 2.24) is 9.97 Å². The molecule has 0 fully saturated rings. The summed E-state index contributed by atoms with van der Waals surface area (Å²) in [6.45, 7) is 2.71. The molecule has 1 aromatic heterocycles. The smallest absolute Gasteiger partial charge is 0.158 e. The summed E-state index contributed by atoms with van der Waals surface area (Å²) in [7, 11) is 0. The van der Waals surface area contributed by atoms with Crippen LogP contribution in [0, 0.1) is 5.82 Å². The standard InChI is InChI=1S/C13H14ClFN4O/c1-2-20-7-13-18-11(16)6-12(19-13)17-10-4-3-8(15)5-9(10)14/h3-6H,2,7H2,1H3,(H3,16,17,18,19). The minimum absolute atomic E-state index is 0.258. The zero-order valence-corrected chi connectivity index (χ0v) is 11.6. The monoisotopic (exact) mass is 296 g/mol. The number of hydrogen-bond acceptors (Lipinski definition) is 5. The van der Waals surface area contributed by atoms with Crippen molar-refractivity contribution in [1.29, 1.82) is 0 Å². The molecule has 0 atom stereocenters. The first-order valence-corrected chi connectivity index (χ1v) is 6.39. The van der Waals surface area contributed by atoms with E-state index in [2.05, 4.69) is 15.3 Å². The lowest BCUT2D eigenvalue weighted by molar-refractivity contribution is 0.128. The Morgan fingerprint density at radius 1 is 1.35 bits per heavy atom. The summed E-state index contributed by atoms with van der Waals surface area (Å²) in [5.41, 5.74) is 6.24. The number of nitrogen functional groups attached to an aromatic ring is 1. The largest absolute Gasteiger partial charge is 0.384 e. The number of nitrogens with two attached hydrogens (primary N) is 1. The van der Waals surface area contributed by atoms with Gasteiger partial charge in [0.15, 0.2) is 5.82 Å². The first-order chi connectivity index (χ1) is 9.58. The molecule has 0 radical (unpaired) electrons. The van der Waals surface area contributed by atoms with E-state index in [1.54, 1.807) is 6.07 Å². The third kappa shape index (κ3) is 3.79. The SMILES string of the molecule is CCOCc1nc(N)cc(Nc2ccc(F)cc2Cl)n1. The van der Waals surface area contributed by atoms with Gasteiger partial charge in [-0.25, -0.2) is 14.4 Å². The van der Waals surface area contributed by atoms with Crippen molar-refractivity contribution in [3.05, 3.63) is 40.9 Å². The molecular weight excluding hydrogens is 283 g/mol. The predicted molar refractivity (Wildman–Crippen MR) is 76.5 cm³/mol. The van der Waals surface area contributed by atoms with Crippen molar-refractivity contribution < 1.29 is 9.13 Å². The fourth-order valence-electron chi connectivity index (χ4n) is 1.57. The summed E-state index contributed by atoms with van der Waals surface area (Å²) < 4.78 is 18.2. The van der Waals surface area contributed by atoms with E-state index >= 15 is 0 Å². The Balaban J connectivity index is 2.21.